The summed E-state index contributed by atoms with van der Waals surface area (Å²) in [4.78, 5) is 0. The Hall–Kier alpha value is -1.23. The zero-order valence-electron chi connectivity index (χ0n) is 17.4. The van der Waals surface area contributed by atoms with Crippen molar-refractivity contribution < 1.29 is 79.7 Å². The van der Waals surface area contributed by atoms with Crippen LogP contribution in [0, 0.1) is 0 Å². The lowest BCUT2D eigenvalue weighted by atomic mass is 9.87. The van der Waals surface area contributed by atoms with Crippen molar-refractivity contribution in [2.45, 2.75) is 106 Å². The van der Waals surface area contributed by atoms with E-state index in [0.29, 0.717) is 19.3 Å². The summed E-state index contributed by atoms with van der Waals surface area (Å²) >= 11 is 0. The first kappa shape index (κ1) is 33.8. The maximum Gasteiger partial charge on any atom is 0.460 e. The normalized spacial score (nSPS) is 16.5. The van der Waals surface area contributed by atoms with Crippen molar-refractivity contribution in [3.8, 4) is 0 Å². The zero-order chi connectivity index (χ0) is 28.5. The summed E-state index contributed by atoms with van der Waals surface area (Å²) < 4.78 is 224. The van der Waals surface area contributed by atoms with Crippen LogP contribution in [0.25, 0.3) is 0 Å². The molecular weight excluding hydrogens is 543 g/mol. The predicted octanol–water partition coefficient (Wildman–Crippen LogP) is 8.11. The van der Waals surface area contributed by atoms with Crippen molar-refractivity contribution in [2.75, 3.05) is 0 Å². The minimum atomic E-state index is -8.66. The molecule has 0 radical (unpaired) electrons. The van der Waals surface area contributed by atoms with Crippen LogP contribution in [0.2, 0.25) is 0 Å². The van der Waals surface area contributed by atoms with E-state index in [1.54, 1.807) is 6.92 Å². The van der Waals surface area contributed by atoms with Crippen LogP contribution < -0.4 is 0 Å². The Bertz CT molecular complexity index is 683. The largest absolute Gasteiger partial charge is 0.460 e. The van der Waals surface area contributed by atoms with Gasteiger partial charge in [-0.25, -0.2) is 0 Å². The molecule has 0 aromatic carbocycles. The van der Waals surface area contributed by atoms with Crippen LogP contribution in [0.5, 0.6) is 0 Å². The fourth-order valence-corrected chi connectivity index (χ4v) is 2.68. The van der Waals surface area contributed by atoms with Gasteiger partial charge in [-0.2, -0.15) is 74.6 Å². The molecule has 18 heteroatoms. The number of rotatable bonds is 14. The average molecular weight is 562 g/mol. The highest BCUT2D eigenvalue weighted by Gasteiger charge is 2.95. The van der Waals surface area contributed by atoms with Gasteiger partial charge in [-0.1, -0.05) is 45.4 Å². The molecule has 0 saturated heterocycles. The number of unbranched alkanes of at least 4 members (excludes halogenated alkanes) is 5. The molecule has 0 fully saturated rings. The molecule has 0 aromatic rings. The van der Waals surface area contributed by atoms with Gasteiger partial charge in [0, 0.05) is 0 Å². The Balaban J connectivity index is 6.17. The number of hydrogen-bond donors (Lipinski definition) is 1. The van der Waals surface area contributed by atoms with Gasteiger partial charge in [0.1, 0.15) is 6.10 Å². The zero-order valence-corrected chi connectivity index (χ0v) is 17.4. The van der Waals surface area contributed by atoms with Gasteiger partial charge in [0.15, 0.2) is 0 Å². The van der Waals surface area contributed by atoms with Crippen LogP contribution in [0.15, 0.2) is 0 Å². The van der Waals surface area contributed by atoms with Crippen LogP contribution in [0.4, 0.5) is 74.6 Å². The second-order valence-corrected chi connectivity index (χ2v) is 7.64. The fourth-order valence-electron chi connectivity index (χ4n) is 2.68. The molecule has 0 aliphatic rings. The first-order valence-corrected chi connectivity index (χ1v) is 9.62. The average Bonchev–Trinajstić information content (AvgIpc) is 2.68. The topological polar surface area (TPSA) is 20.2 Å². The van der Waals surface area contributed by atoms with Gasteiger partial charge < -0.3 is 5.11 Å². The van der Waals surface area contributed by atoms with E-state index >= 15 is 0 Å². The Morgan fingerprint density at radius 2 is 0.771 bits per heavy atom. The summed E-state index contributed by atoms with van der Waals surface area (Å²) in [6.45, 7) is 1.76. The number of alkyl halides is 17. The van der Waals surface area contributed by atoms with Gasteiger partial charge in [0.25, 0.3) is 0 Å². The van der Waals surface area contributed by atoms with Crippen molar-refractivity contribution >= 4 is 0 Å². The first-order valence-electron chi connectivity index (χ1n) is 9.62. The molecule has 1 nitrogen and oxygen atoms in total. The molecule has 0 aliphatic carbocycles. The molecule has 212 valence electrons. The molecule has 0 heterocycles. The molecule has 0 amide bonds. The van der Waals surface area contributed by atoms with Gasteiger partial charge in [0.2, 0.25) is 0 Å². The van der Waals surface area contributed by atoms with Crippen molar-refractivity contribution in [2.24, 2.45) is 0 Å². The highest BCUT2D eigenvalue weighted by Crippen LogP contribution is 2.64. The van der Waals surface area contributed by atoms with E-state index in [4.69, 9.17) is 5.11 Å². The summed E-state index contributed by atoms with van der Waals surface area (Å²) in [5.74, 6) is -57.0. The summed E-state index contributed by atoms with van der Waals surface area (Å²) in [5.41, 5.74) is 0. The van der Waals surface area contributed by atoms with Crippen LogP contribution >= 0.6 is 0 Å². The molecule has 1 unspecified atom stereocenters. The molecule has 35 heavy (non-hydrogen) atoms. The second kappa shape index (κ2) is 10.3. The van der Waals surface area contributed by atoms with Gasteiger partial charge in [-0.15, -0.1) is 0 Å². The predicted molar refractivity (Wildman–Crippen MR) is 84.7 cm³/mol. The van der Waals surface area contributed by atoms with Crippen molar-refractivity contribution in [1.29, 1.82) is 0 Å². The van der Waals surface area contributed by atoms with E-state index < -0.39 is 66.6 Å². The lowest BCUT2D eigenvalue weighted by molar-refractivity contribution is -0.464. The van der Waals surface area contributed by atoms with E-state index in [2.05, 4.69) is 0 Å². The van der Waals surface area contributed by atoms with Crippen LogP contribution in [0.3, 0.4) is 0 Å². The maximum absolute atomic E-state index is 13.8. The standard InChI is InChI=1S/C17H19F17O/c1-2-3-4-5-6-7-8-9(35)10(18,19)11(20,21)12(22,23)13(24,25)14(26,27)15(28,29)16(30,31)17(32,33)34/h9,35H,2-8H2,1H3. The molecule has 0 spiro atoms. The molecule has 0 saturated carbocycles. The summed E-state index contributed by atoms with van der Waals surface area (Å²) in [6, 6.07) is 0. The minimum Gasteiger partial charge on any atom is -0.387 e. The third kappa shape index (κ3) is 5.40. The van der Waals surface area contributed by atoms with E-state index in [1.165, 1.54) is 0 Å². The number of aliphatic hydroxyl groups excluding tert-OH is 1. The summed E-state index contributed by atoms with van der Waals surface area (Å²) in [7, 11) is 0. The van der Waals surface area contributed by atoms with Gasteiger partial charge in [0.05, 0.1) is 0 Å². The summed E-state index contributed by atoms with van der Waals surface area (Å²) in [6.07, 6.45) is -11.9. The number of aliphatic hydroxyl groups is 1. The molecular formula is C17H19F17O. The van der Waals surface area contributed by atoms with Gasteiger partial charge in [-0.05, 0) is 6.42 Å². The lowest BCUT2D eigenvalue weighted by Crippen LogP contribution is -2.75. The smallest absolute Gasteiger partial charge is 0.387 e. The second-order valence-electron chi connectivity index (χ2n) is 7.64. The lowest BCUT2D eigenvalue weighted by Gasteiger charge is -2.43. The monoisotopic (exact) mass is 562 g/mol. The third-order valence-corrected chi connectivity index (χ3v) is 5.00. The molecule has 0 rings (SSSR count). The Kier molecular flexibility index (Phi) is 9.90. The quantitative estimate of drug-likeness (QED) is 0.168. The van der Waals surface area contributed by atoms with Crippen molar-refractivity contribution in [1.82, 2.24) is 0 Å². The summed E-state index contributed by atoms with van der Waals surface area (Å²) in [5, 5.41) is 9.13. The number of halogens is 17. The Labute approximate surface area is 186 Å². The van der Waals surface area contributed by atoms with Gasteiger partial charge >= 0.3 is 47.6 Å². The Morgan fingerprint density at radius 3 is 1.14 bits per heavy atom. The fraction of sp³-hybridized carbons (Fsp3) is 1.00. The van der Waals surface area contributed by atoms with Crippen molar-refractivity contribution in [3.05, 3.63) is 0 Å². The minimum absolute atomic E-state index is 0.0813. The Morgan fingerprint density at radius 1 is 0.457 bits per heavy atom. The van der Waals surface area contributed by atoms with Crippen LogP contribution in [0.1, 0.15) is 51.9 Å². The van der Waals surface area contributed by atoms with E-state index in [-0.39, 0.29) is 12.8 Å². The van der Waals surface area contributed by atoms with Crippen molar-refractivity contribution in [3.63, 3.8) is 0 Å². The highest BCUT2D eigenvalue weighted by molar-refractivity contribution is 5.15. The third-order valence-electron chi connectivity index (χ3n) is 5.00. The van der Waals surface area contributed by atoms with E-state index in [0.717, 1.165) is 0 Å². The van der Waals surface area contributed by atoms with Crippen LogP contribution in [-0.4, -0.2) is 58.8 Å². The SMILES string of the molecule is CCCCCCCCC(O)C(F)(F)C(F)(F)C(F)(F)C(F)(F)C(F)(F)C(F)(F)C(F)(F)C(F)(F)F. The van der Waals surface area contributed by atoms with E-state index in [9.17, 15) is 74.6 Å². The molecule has 1 atom stereocenters. The molecule has 0 bridgehead atoms. The first-order chi connectivity index (χ1) is 15.2. The maximum atomic E-state index is 13.8. The molecule has 0 aliphatic heterocycles. The van der Waals surface area contributed by atoms with E-state index in [1.807, 2.05) is 0 Å². The van der Waals surface area contributed by atoms with Crippen LogP contribution in [-0.2, 0) is 0 Å². The van der Waals surface area contributed by atoms with Gasteiger partial charge in [-0.3, -0.25) is 0 Å². The number of hydrogen-bond acceptors (Lipinski definition) is 1. The molecule has 1 N–H and O–H groups in total. The highest BCUT2D eigenvalue weighted by atomic mass is 19.4. The molecule has 0 aromatic heterocycles.